The van der Waals surface area contributed by atoms with Gasteiger partial charge in [0.2, 0.25) is 10.0 Å². The van der Waals surface area contributed by atoms with E-state index in [4.69, 9.17) is 5.11 Å². The van der Waals surface area contributed by atoms with Gasteiger partial charge in [-0.15, -0.1) is 0 Å². The maximum Gasteiger partial charge on any atom is 0.214 e. The van der Waals surface area contributed by atoms with Crippen molar-refractivity contribution in [3.8, 4) is 0 Å². The minimum atomic E-state index is -3.19. The van der Waals surface area contributed by atoms with Crippen molar-refractivity contribution in [3.05, 3.63) is 0 Å². The fourth-order valence-electron chi connectivity index (χ4n) is 1.78. The van der Waals surface area contributed by atoms with E-state index in [0.717, 1.165) is 25.7 Å². The molecule has 1 saturated carbocycles. The van der Waals surface area contributed by atoms with E-state index in [1.54, 1.807) is 0 Å². The summed E-state index contributed by atoms with van der Waals surface area (Å²) in [6.45, 7) is 1.74. The van der Waals surface area contributed by atoms with Gasteiger partial charge in [0.15, 0.2) is 0 Å². The van der Waals surface area contributed by atoms with Gasteiger partial charge in [0, 0.05) is 6.04 Å². The standard InChI is InChI=1S/C9H19NO3S/c1-2-8(7-11)10-14(12,13)9-5-3-4-6-9/h8-11H,2-7H2,1H3. The van der Waals surface area contributed by atoms with Gasteiger partial charge in [0.1, 0.15) is 0 Å². The number of nitrogens with one attached hydrogen (secondary N) is 1. The van der Waals surface area contributed by atoms with Crippen LogP contribution in [0.25, 0.3) is 0 Å². The third kappa shape index (κ3) is 2.93. The van der Waals surface area contributed by atoms with Gasteiger partial charge < -0.3 is 5.11 Å². The summed E-state index contributed by atoms with van der Waals surface area (Å²) in [5.74, 6) is 0. The summed E-state index contributed by atoms with van der Waals surface area (Å²) >= 11 is 0. The molecule has 0 aliphatic heterocycles. The predicted octanol–water partition coefficient (Wildman–Crippen LogP) is 0.619. The van der Waals surface area contributed by atoms with Gasteiger partial charge in [0.05, 0.1) is 11.9 Å². The Labute approximate surface area is 85.8 Å². The molecule has 2 N–H and O–H groups in total. The second-order valence-corrected chi connectivity index (χ2v) is 5.85. The molecule has 4 nitrogen and oxygen atoms in total. The van der Waals surface area contributed by atoms with Gasteiger partial charge in [-0.2, -0.15) is 0 Å². The molecule has 0 bridgehead atoms. The zero-order chi connectivity index (χ0) is 10.6. The van der Waals surface area contributed by atoms with Crippen LogP contribution in [-0.4, -0.2) is 31.4 Å². The molecule has 1 aliphatic rings. The molecule has 0 radical (unpaired) electrons. The first-order valence-electron chi connectivity index (χ1n) is 5.22. The predicted molar refractivity (Wildman–Crippen MR) is 55.5 cm³/mol. The molecule has 1 fully saturated rings. The van der Waals surface area contributed by atoms with Gasteiger partial charge in [0.25, 0.3) is 0 Å². The van der Waals surface area contributed by atoms with Crippen LogP contribution in [0.15, 0.2) is 0 Å². The summed E-state index contributed by atoms with van der Waals surface area (Å²) in [5, 5.41) is 8.67. The molecule has 14 heavy (non-hydrogen) atoms. The second-order valence-electron chi connectivity index (χ2n) is 3.86. The lowest BCUT2D eigenvalue weighted by molar-refractivity contribution is 0.253. The number of hydrogen-bond donors (Lipinski definition) is 2. The van der Waals surface area contributed by atoms with Crippen LogP contribution >= 0.6 is 0 Å². The topological polar surface area (TPSA) is 66.4 Å². The smallest absolute Gasteiger partial charge is 0.214 e. The molecule has 0 aromatic heterocycles. The number of sulfonamides is 1. The highest BCUT2D eigenvalue weighted by molar-refractivity contribution is 7.90. The molecule has 0 aromatic rings. The molecular weight excluding hydrogens is 202 g/mol. The van der Waals surface area contributed by atoms with Gasteiger partial charge in [-0.1, -0.05) is 19.8 Å². The molecule has 1 rings (SSSR count). The maximum atomic E-state index is 11.7. The van der Waals surface area contributed by atoms with Crippen molar-refractivity contribution in [1.29, 1.82) is 0 Å². The van der Waals surface area contributed by atoms with Crippen molar-refractivity contribution < 1.29 is 13.5 Å². The highest BCUT2D eigenvalue weighted by Gasteiger charge is 2.29. The molecule has 0 saturated heterocycles. The summed E-state index contributed by atoms with van der Waals surface area (Å²) in [6.07, 6.45) is 4.15. The largest absolute Gasteiger partial charge is 0.395 e. The van der Waals surface area contributed by atoms with Gasteiger partial charge in [-0.25, -0.2) is 13.1 Å². The van der Waals surface area contributed by atoms with E-state index in [9.17, 15) is 8.42 Å². The van der Waals surface area contributed by atoms with E-state index in [1.807, 2.05) is 6.92 Å². The lowest BCUT2D eigenvalue weighted by Crippen LogP contribution is -2.41. The van der Waals surface area contributed by atoms with E-state index in [1.165, 1.54) is 0 Å². The Morgan fingerprint density at radius 3 is 2.43 bits per heavy atom. The maximum absolute atomic E-state index is 11.7. The zero-order valence-corrected chi connectivity index (χ0v) is 9.39. The van der Waals surface area contributed by atoms with Crippen molar-refractivity contribution in [2.75, 3.05) is 6.61 Å². The van der Waals surface area contributed by atoms with Crippen LogP contribution in [-0.2, 0) is 10.0 Å². The SMILES string of the molecule is CCC(CO)NS(=O)(=O)C1CCCC1. The van der Waals surface area contributed by atoms with E-state index >= 15 is 0 Å². The Kier molecular flexibility index (Phi) is 4.34. The number of aliphatic hydroxyl groups excluding tert-OH is 1. The second kappa shape index (κ2) is 5.09. The Morgan fingerprint density at radius 1 is 1.43 bits per heavy atom. The fourth-order valence-corrected chi connectivity index (χ4v) is 3.63. The molecule has 0 spiro atoms. The molecule has 1 atom stereocenters. The number of aliphatic hydroxyl groups is 1. The highest BCUT2D eigenvalue weighted by Crippen LogP contribution is 2.24. The van der Waals surface area contributed by atoms with Crippen LogP contribution in [0.2, 0.25) is 0 Å². The van der Waals surface area contributed by atoms with Crippen molar-refractivity contribution in [2.24, 2.45) is 0 Å². The Hall–Kier alpha value is -0.130. The molecular formula is C9H19NO3S. The third-order valence-corrected chi connectivity index (χ3v) is 4.80. The Balaban J connectivity index is 2.56. The van der Waals surface area contributed by atoms with Crippen molar-refractivity contribution in [2.45, 2.75) is 50.3 Å². The monoisotopic (exact) mass is 221 g/mol. The fraction of sp³-hybridized carbons (Fsp3) is 1.00. The average molecular weight is 221 g/mol. The summed E-state index contributed by atoms with van der Waals surface area (Å²) in [4.78, 5) is 0. The average Bonchev–Trinajstić information content (AvgIpc) is 2.67. The minimum Gasteiger partial charge on any atom is -0.395 e. The number of hydrogen-bond acceptors (Lipinski definition) is 3. The Bertz CT molecular complexity index is 253. The molecule has 5 heteroatoms. The zero-order valence-electron chi connectivity index (χ0n) is 8.57. The van der Waals surface area contributed by atoms with Gasteiger partial charge >= 0.3 is 0 Å². The van der Waals surface area contributed by atoms with Crippen LogP contribution in [0.3, 0.4) is 0 Å². The van der Waals surface area contributed by atoms with E-state index in [0.29, 0.717) is 6.42 Å². The third-order valence-electron chi connectivity index (χ3n) is 2.79. The highest BCUT2D eigenvalue weighted by atomic mass is 32.2. The normalized spacial score (nSPS) is 21.3. The molecule has 0 heterocycles. The first kappa shape index (κ1) is 11.9. The van der Waals surface area contributed by atoms with Crippen LogP contribution in [0.1, 0.15) is 39.0 Å². The van der Waals surface area contributed by atoms with Gasteiger partial charge in [-0.05, 0) is 19.3 Å². The van der Waals surface area contributed by atoms with Crippen molar-refractivity contribution >= 4 is 10.0 Å². The molecule has 1 unspecified atom stereocenters. The van der Waals surface area contributed by atoms with E-state index in [2.05, 4.69) is 4.72 Å². The van der Waals surface area contributed by atoms with Gasteiger partial charge in [-0.3, -0.25) is 0 Å². The van der Waals surface area contributed by atoms with Crippen LogP contribution < -0.4 is 4.72 Å². The first-order valence-corrected chi connectivity index (χ1v) is 6.76. The molecule has 0 aromatic carbocycles. The van der Waals surface area contributed by atoms with Crippen molar-refractivity contribution in [3.63, 3.8) is 0 Å². The lowest BCUT2D eigenvalue weighted by atomic mass is 10.3. The summed E-state index contributed by atoms with van der Waals surface area (Å²) in [7, 11) is -3.19. The van der Waals surface area contributed by atoms with E-state index < -0.39 is 10.0 Å². The number of rotatable bonds is 5. The first-order chi connectivity index (χ1) is 6.60. The van der Waals surface area contributed by atoms with Crippen LogP contribution in [0, 0.1) is 0 Å². The summed E-state index contributed by atoms with van der Waals surface area (Å²) < 4.78 is 26.0. The van der Waals surface area contributed by atoms with Crippen LogP contribution in [0.4, 0.5) is 0 Å². The molecule has 1 aliphatic carbocycles. The minimum absolute atomic E-state index is 0.123. The van der Waals surface area contributed by atoms with E-state index in [-0.39, 0.29) is 17.9 Å². The van der Waals surface area contributed by atoms with Crippen molar-refractivity contribution in [1.82, 2.24) is 4.72 Å². The summed E-state index contributed by atoms with van der Waals surface area (Å²) in [5.41, 5.74) is 0. The lowest BCUT2D eigenvalue weighted by Gasteiger charge is -2.17. The quantitative estimate of drug-likeness (QED) is 0.715. The Morgan fingerprint density at radius 2 is 2.00 bits per heavy atom. The van der Waals surface area contributed by atoms with Crippen LogP contribution in [0.5, 0.6) is 0 Å². The molecule has 0 amide bonds. The molecule has 84 valence electrons. The summed E-state index contributed by atoms with van der Waals surface area (Å²) in [6, 6.07) is -0.319.